The van der Waals surface area contributed by atoms with Crippen molar-refractivity contribution in [3.8, 4) is 11.3 Å². The molecule has 0 aliphatic rings. The smallest absolute Gasteiger partial charge is 0.135 e. The third-order valence-electron chi connectivity index (χ3n) is 2.59. The van der Waals surface area contributed by atoms with Gasteiger partial charge in [0.05, 0.1) is 6.04 Å². The van der Waals surface area contributed by atoms with Crippen molar-refractivity contribution in [2.75, 3.05) is 0 Å². The fourth-order valence-corrected chi connectivity index (χ4v) is 2.39. The van der Waals surface area contributed by atoms with Crippen molar-refractivity contribution in [3.63, 3.8) is 0 Å². The topological polar surface area (TPSA) is 39.2 Å². The molecule has 90 valence electrons. The maximum Gasteiger partial charge on any atom is 0.135 e. The van der Waals surface area contributed by atoms with Crippen LogP contribution in [0, 0.1) is 6.92 Å². The lowest BCUT2D eigenvalue weighted by Crippen LogP contribution is -2.02. The van der Waals surface area contributed by atoms with Gasteiger partial charge in [-0.2, -0.15) is 0 Å². The van der Waals surface area contributed by atoms with E-state index in [0.29, 0.717) is 0 Å². The second-order valence-electron chi connectivity index (χ2n) is 4.07. The van der Waals surface area contributed by atoms with Crippen LogP contribution in [0.3, 0.4) is 0 Å². The highest BCUT2D eigenvalue weighted by atomic mass is 79.9. The van der Waals surface area contributed by atoms with Crippen LogP contribution in [0.5, 0.6) is 0 Å². The zero-order valence-electron chi connectivity index (χ0n) is 9.63. The molecule has 1 atom stereocenters. The second kappa shape index (κ2) is 4.84. The number of hydrogen-bond donors (Lipinski definition) is 1. The van der Waals surface area contributed by atoms with Gasteiger partial charge in [-0.3, -0.25) is 0 Å². The molecular weight excluding hydrogens is 302 g/mol. The molecule has 0 saturated carbocycles. The first kappa shape index (κ1) is 12.7. The molecule has 0 aliphatic carbocycles. The van der Waals surface area contributed by atoms with Crippen LogP contribution in [0.4, 0.5) is 0 Å². The van der Waals surface area contributed by atoms with E-state index < -0.39 is 0 Å². The van der Waals surface area contributed by atoms with Gasteiger partial charge in [0.2, 0.25) is 0 Å². The third kappa shape index (κ3) is 2.57. The Morgan fingerprint density at radius 3 is 2.65 bits per heavy atom. The molecule has 1 aromatic heterocycles. The van der Waals surface area contributed by atoms with Gasteiger partial charge in [-0.15, -0.1) is 0 Å². The number of halogens is 2. The van der Waals surface area contributed by atoms with Crippen LogP contribution in [0.25, 0.3) is 11.3 Å². The summed E-state index contributed by atoms with van der Waals surface area (Å²) in [5.41, 5.74) is 7.73. The van der Waals surface area contributed by atoms with E-state index in [-0.39, 0.29) is 6.04 Å². The number of aryl methyl sites for hydroxylation is 1. The lowest BCUT2D eigenvalue weighted by atomic mass is 10.1. The van der Waals surface area contributed by atoms with Gasteiger partial charge in [0.15, 0.2) is 0 Å². The first-order chi connectivity index (χ1) is 7.99. The lowest BCUT2D eigenvalue weighted by molar-refractivity contribution is 0.491. The summed E-state index contributed by atoms with van der Waals surface area (Å²) >= 11 is 9.63. The SMILES string of the molecule is Cc1cc(Br)c(-c2ccc(C(C)N)o2)cc1Cl. The largest absolute Gasteiger partial charge is 0.459 e. The molecule has 0 amide bonds. The summed E-state index contributed by atoms with van der Waals surface area (Å²) < 4.78 is 6.66. The first-order valence-corrected chi connectivity index (χ1v) is 6.47. The molecule has 4 heteroatoms. The number of benzene rings is 1. The van der Waals surface area contributed by atoms with Crippen molar-refractivity contribution in [1.29, 1.82) is 0 Å². The summed E-state index contributed by atoms with van der Waals surface area (Å²) in [7, 11) is 0. The fourth-order valence-electron chi connectivity index (χ4n) is 1.58. The minimum atomic E-state index is -0.108. The molecule has 1 aromatic carbocycles. The molecule has 17 heavy (non-hydrogen) atoms. The van der Waals surface area contributed by atoms with Gasteiger partial charge in [0.1, 0.15) is 11.5 Å². The fraction of sp³-hybridized carbons (Fsp3) is 0.231. The quantitative estimate of drug-likeness (QED) is 0.873. The molecule has 1 heterocycles. The predicted molar refractivity (Wildman–Crippen MR) is 74.2 cm³/mol. The van der Waals surface area contributed by atoms with Crippen LogP contribution in [-0.2, 0) is 0 Å². The Bertz CT molecular complexity index is 548. The van der Waals surface area contributed by atoms with Crippen molar-refractivity contribution < 1.29 is 4.42 Å². The third-order valence-corrected chi connectivity index (χ3v) is 3.65. The van der Waals surface area contributed by atoms with E-state index >= 15 is 0 Å². The number of furan rings is 1. The van der Waals surface area contributed by atoms with Crippen LogP contribution >= 0.6 is 27.5 Å². The van der Waals surface area contributed by atoms with Crippen LogP contribution in [-0.4, -0.2) is 0 Å². The molecule has 2 nitrogen and oxygen atoms in total. The van der Waals surface area contributed by atoms with Crippen LogP contribution in [0.1, 0.15) is 24.3 Å². The van der Waals surface area contributed by atoms with Gasteiger partial charge in [0.25, 0.3) is 0 Å². The summed E-state index contributed by atoms with van der Waals surface area (Å²) in [4.78, 5) is 0. The molecule has 0 fully saturated rings. The maximum absolute atomic E-state index is 6.12. The monoisotopic (exact) mass is 313 g/mol. The van der Waals surface area contributed by atoms with Crippen molar-refractivity contribution >= 4 is 27.5 Å². The molecule has 0 spiro atoms. The van der Waals surface area contributed by atoms with E-state index in [1.165, 1.54) is 0 Å². The van der Waals surface area contributed by atoms with Crippen LogP contribution in [0.15, 0.2) is 33.2 Å². The van der Waals surface area contributed by atoms with Gasteiger partial charge in [0, 0.05) is 15.1 Å². The van der Waals surface area contributed by atoms with Gasteiger partial charge >= 0.3 is 0 Å². The maximum atomic E-state index is 6.12. The number of rotatable bonds is 2. The van der Waals surface area contributed by atoms with Crippen LogP contribution < -0.4 is 5.73 Å². The normalized spacial score (nSPS) is 12.8. The zero-order valence-corrected chi connectivity index (χ0v) is 12.0. The van der Waals surface area contributed by atoms with E-state index in [2.05, 4.69) is 15.9 Å². The standard InChI is InChI=1S/C13H13BrClNO/c1-7-5-10(14)9(6-11(7)15)13-4-3-12(17-13)8(2)16/h3-6,8H,16H2,1-2H3. The predicted octanol–water partition coefficient (Wildman–Crippen LogP) is 4.69. The Balaban J connectivity index is 2.49. The Labute approximate surface area is 114 Å². The summed E-state index contributed by atoms with van der Waals surface area (Å²) in [5, 5.41) is 0.724. The minimum absolute atomic E-state index is 0.108. The second-order valence-corrected chi connectivity index (χ2v) is 5.33. The number of nitrogens with two attached hydrogens (primary N) is 1. The van der Waals surface area contributed by atoms with Crippen LogP contribution in [0.2, 0.25) is 5.02 Å². The van der Waals surface area contributed by atoms with Gasteiger partial charge in [-0.1, -0.05) is 27.5 Å². The highest BCUT2D eigenvalue weighted by Crippen LogP contribution is 2.34. The highest BCUT2D eigenvalue weighted by Gasteiger charge is 2.12. The molecule has 2 rings (SSSR count). The summed E-state index contributed by atoms with van der Waals surface area (Å²) in [6, 6.07) is 7.56. The molecule has 0 radical (unpaired) electrons. The van der Waals surface area contributed by atoms with E-state index in [1.807, 2.05) is 38.1 Å². The average Bonchev–Trinajstić information content (AvgIpc) is 2.72. The molecule has 2 aromatic rings. The Morgan fingerprint density at radius 1 is 1.35 bits per heavy atom. The molecule has 0 aliphatic heterocycles. The molecular formula is C13H13BrClNO. The highest BCUT2D eigenvalue weighted by molar-refractivity contribution is 9.10. The van der Waals surface area contributed by atoms with Crippen molar-refractivity contribution in [2.24, 2.45) is 5.73 Å². The summed E-state index contributed by atoms with van der Waals surface area (Å²) in [6.07, 6.45) is 0. The molecule has 0 bridgehead atoms. The molecule has 1 unspecified atom stereocenters. The lowest BCUT2D eigenvalue weighted by Gasteiger charge is -2.05. The van der Waals surface area contributed by atoms with E-state index in [9.17, 15) is 0 Å². The van der Waals surface area contributed by atoms with Crippen molar-refractivity contribution in [2.45, 2.75) is 19.9 Å². The Hall–Kier alpha value is -0.770. The summed E-state index contributed by atoms with van der Waals surface area (Å²) in [6.45, 7) is 3.85. The van der Waals surface area contributed by atoms with Crippen molar-refractivity contribution in [1.82, 2.24) is 0 Å². The first-order valence-electron chi connectivity index (χ1n) is 5.30. The van der Waals surface area contributed by atoms with Gasteiger partial charge in [-0.25, -0.2) is 0 Å². The Kier molecular flexibility index (Phi) is 3.61. The molecule has 2 N–H and O–H groups in total. The van der Waals surface area contributed by atoms with E-state index in [0.717, 1.165) is 32.1 Å². The molecule has 0 saturated heterocycles. The Morgan fingerprint density at radius 2 is 2.06 bits per heavy atom. The van der Waals surface area contributed by atoms with E-state index in [4.69, 9.17) is 21.8 Å². The van der Waals surface area contributed by atoms with Gasteiger partial charge < -0.3 is 10.2 Å². The zero-order chi connectivity index (χ0) is 12.6. The minimum Gasteiger partial charge on any atom is -0.459 e. The van der Waals surface area contributed by atoms with E-state index in [1.54, 1.807) is 0 Å². The average molecular weight is 315 g/mol. The summed E-state index contributed by atoms with van der Waals surface area (Å²) in [5.74, 6) is 1.54. The van der Waals surface area contributed by atoms with Crippen molar-refractivity contribution in [3.05, 3.63) is 45.1 Å². The van der Waals surface area contributed by atoms with Gasteiger partial charge in [-0.05, 0) is 43.7 Å². The number of hydrogen-bond acceptors (Lipinski definition) is 2.